The van der Waals surface area contributed by atoms with Crippen molar-refractivity contribution in [2.75, 3.05) is 0 Å². The number of nitrogens with zero attached hydrogens (tertiary/aromatic N) is 2. The molecule has 18 heavy (non-hydrogen) atoms. The van der Waals surface area contributed by atoms with Crippen LogP contribution in [0.2, 0.25) is 0 Å². The molecule has 94 valence electrons. The predicted molar refractivity (Wildman–Crippen MR) is 69.4 cm³/mol. The molecule has 4 nitrogen and oxygen atoms in total. The van der Waals surface area contributed by atoms with Gasteiger partial charge in [-0.15, -0.1) is 4.73 Å². The minimum absolute atomic E-state index is 0.200. The molecule has 1 aromatic carbocycles. The van der Waals surface area contributed by atoms with E-state index in [1.54, 1.807) is 6.92 Å². The van der Waals surface area contributed by atoms with Crippen LogP contribution in [-0.4, -0.2) is 9.71 Å². The van der Waals surface area contributed by atoms with Crippen molar-refractivity contribution in [1.82, 2.24) is 9.71 Å². The molecule has 1 aromatic heterocycles. The van der Waals surface area contributed by atoms with Crippen LogP contribution >= 0.6 is 0 Å². The number of rotatable bonds is 3. The third-order valence-corrected chi connectivity index (χ3v) is 2.86. The molecule has 0 unspecified atom stereocenters. The molecule has 0 spiro atoms. The number of aromatic nitrogens is 2. The molecule has 0 aliphatic rings. The molecule has 0 amide bonds. The Balaban J connectivity index is 2.27. The lowest BCUT2D eigenvalue weighted by atomic mass is 10.2. The second-order valence-corrected chi connectivity index (χ2v) is 4.23. The average Bonchev–Trinajstić information content (AvgIpc) is 2.38. The van der Waals surface area contributed by atoms with E-state index < -0.39 is 0 Å². The predicted octanol–water partition coefficient (Wildman–Crippen LogP) is 1.80. The van der Waals surface area contributed by atoms with Crippen molar-refractivity contribution in [3.05, 3.63) is 63.3 Å². The van der Waals surface area contributed by atoms with Gasteiger partial charge in [0.05, 0.1) is 11.4 Å². The third kappa shape index (κ3) is 2.42. The van der Waals surface area contributed by atoms with Gasteiger partial charge in [0, 0.05) is 0 Å². The van der Waals surface area contributed by atoms with Crippen molar-refractivity contribution in [3.8, 4) is 0 Å². The highest BCUT2D eigenvalue weighted by atomic mass is 16.7. The van der Waals surface area contributed by atoms with Gasteiger partial charge in [-0.2, -0.15) is 0 Å². The first-order valence-corrected chi connectivity index (χ1v) is 5.83. The zero-order chi connectivity index (χ0) is 13.1. The van der Waals surface area contributed by atoms with Gasteiger partial charge in [-0.1, -0.05) is 30.3 Å². The lowest BCUT2D eigenvalue weighted by Gasteiger charge is -2.13. The Hall–Kier alpha value is -2.10. The van der Waals surface area contributed by atoms with Crippen LogP contribution in [0.15, 0.2) is 35.1 Å². The summed E-state index contributed by atoms with van der Waals surface area (Å²) >= 11 is 0. The van der Waals surface area contributed by atoms with Gasteiger partial charge in [0.25, 0.3) is 0 Å². The summed E-state index contributed by atoms with van der Waals surface area (Å²) in [7, 11) is 0. The standard InChI is InChI=1S/C14H16N2O2/c1-10-12(3)16(14(17)11(2)15-10)18-9-13-7-5-4-6-8-13/h4-8H,9H2,1-3H3. The van der Waals surface area contributed by atoms with E-state index in [9.17, 15) is 4.79 Å². The maximum atomic E-state index is 11.9. The van der Waals surface area contributed by atoms with Crippen molar-refractivity contribution in [3.63, 3.8) is 0 Å². The fraction of sp³-hybridized carbons (Fsp3) is 0.286. The molecule has 0 N–H and O–H groups in total. The molecule has 4 heteroatoms. The topological polar surface area (TPSA) is 44.1 Å². The lowest BCUT2D eigenvalue weighted by molar-refractivity contribution is 0.0827. The van der Waals surface area contributed by atoms with Gasteiger partial charge >= 0.3 is 5.56 Å². The van der Waals surface area contributed by atoms with Crippen LogP contribution in [0.4, 0.5) is 0 Å². The van der Waals surface area contributed by atoms with Gasteiger partial charge in [-0.05, 0) is 26.3 Å². The van der Waals surface area contributed by atoms with E-state index in [4.69, 9.17) is 4.84 Å². The summed E-state index contributed by atoms with van der Waals surface area (Å²) in [5.41, 5.74) is 2.82. The first kappa shape index (κ1) is 12.4. The maximum Gasteiger partial charge on any atom is 0.304 e. The molecular formula is C14H16N2O2. The highest BCUT2D eigenvalue weighted by Crippen LogP contribution is 2.02. The molecule has 0 atom stereocenters. The van der Waals surface area contributed by atoms with Gasteiger partial charge < -0.3 is 4.84 Å². The van der Waals surface area contributed by atoms with E-state index in [1.165, 1.54) is 4.73 Å². The normalized spacial score (nSPS) is 10.4. The number of hydrogen-bond donors (Lipinski definition) is 0. The third-order valence-electron chi connectivity index (χ3n) is 2.86. The zero-order valence-corrected chi connectivity index (χ0v) is 10.8. The average molecular weight is 244 g/mol. The summed E-state index contributed by atoms with van der Waals surface area (Å²) < 4.78 is 1.32. The maximum absolute atomic E-state index is 11.9. The van der Waals surface area contributed by atoms with Crippen molar-refractivity contribution < 1.29 is 4.84 Å². The van der Waals surface area contributed by atoms with Crippen molar-refractivity contribution in [1.29, 1.82) is 0 Å². The molecular weight excluding hydrogens is 228 g/mol. The van der Waals surface area contributed by atoms with Crippen LogP contribution in [0.1, 0.15) is 22.6 Å². The molecule has 1 heterocycles. The molecule has 0 bridgehead atoms. The van der Waals surface area contributed by atoms with Crippen molar-refractivity contribution in [2.24, 2.45) is 0 Å². The quantitative estimate of drug-likeness (QED) is 0.827. The Morgan fingerprint density at radius 1 is 1.11 bits per heavy atom. The second kappa shape index (κ2) is 5.04. The summed E-state index contributed by atoms with van der Waals surface area (Å²) in [6.45, 7) is 5.75. The van der Waals surface area contributed by atoms with Gasteiger partial charge in [0.1, 0.15) is 12.3 Å². The summed E-state index contributed by atoms with van der Waals surface area (Å²) in [5.74, 6) is 0. The first-order valence-electron chi connectivity index (χ1n) is 5.83. The second-order valence-electron chi connectivity index (χ2n) is 4.23. The fourth-order valence-electron chi connectivity index (χ4n) is 1.70. The van der Waals surface area contributed by atoms with Crippen LogP contribution in [0.5, 0.6) is 0 Å². The largest absolute Gasteiger partial charge is 0.406 e. The molecule has 0 radical (unpaired) electrons. The van der Waals surface area contributed by atoms with Crippen molar-refractivity contribution in [2.45, 2.75) is 27.4 Å². The summed E-state index contributed by atoms with van der Waals surface area (Å²) in [6, 6.07) is 9.75. The van der Waals surface area contributed by atoms with Crippen molar-refractivity contribution >= 4 is 0 Å². The van der Waals surface area contributed by atoms with E-state index in [2.05, 4.69) is 4.98 Å². The minimum Gasteiger partial charge on any atom is -0.406 e. The smallest absolute Gasteiger partial charge is 0.304 e. The minimum atomic E-state index is -0.200. The number of aryl methyl sites for hydroxylation is 2. The highest BCUT2D eigenvalue weighted by Gasteiger charge is 2.09. The Bertz CT molecular complexity index is 603. The molecule has 2 aromatic rings. The summed E-state index contributed by atoms with van der Waals surface area (Å²) in [6.07, 6.45) is 0. The van der Waals surface area contributed by atoms with Crippen LogP contribution in [0.3, 0.4) is 0 Å². The summed E-state index contributed by atoms with van der Waals surface area (Å²) in [4.78, 5) is 21.7. The lowest BCUT2D eigenvalue weighted by Crippen LogP contribution is -2.32. The van der Waals surface area contributed by atoms with Crippen LogP contribution < -0.4 is 10.4 Å². The van der Waals surface area contributed by atoms with E-state index in [-0.39, 0.29) is 5.56 Å². The van der Waals surface area contributed by atoms with Gasteiger partial charge in [-0.25, -0.2) is 0 Å². The van der Waals surface area contributed by atoms with Crippen LogP contribution in [0.25, 0.3) is 0 Å². The molecule has 0 aliphatic heterocycles. The Kier molecular flexibility index (Phi) is 3.46. The van der Waals surface area contributed by atoms with Gasteiger partial charge in [0.15, 0.2) is 0 Å². The Morgan fingerprint density at radius 3 is 2.44 bits per heavy atom. The number of benzene rings is 1. The highest BCUT2D eigenvalue weighted by molar-refractivity contribution is 5.14. The van der Waals surface area contributed by atoms with E-state index in [1.807, 2.05) is 44.2 Å². The molecule has 2 rings (SSSR count). The molecule has 0 fully saturated rings. The summed E-state index contributed by atoms with van der Waals surface area (Å²) in [5, 5.41) is 0. The monoisotopic (exact) mass is 244 g/mol. The SMILES string of the molecule is Cc1nc(C)c(=O)n(OCc2ccccc2)c1C. The molecule has 0 saturated heterocycles. The van der Waals surface area contributed by atoms with Gasteiger partial charge in [0.2, 0.25) is 0 Å². The zero-order valence-electron chi connectivity index (χ0n) is 10.8. The van der Waals surface area contributed by atoms with Crippen LogP contribution in [0, 0.1) is 20.8 Å². The van der Waals surface area contributed by atoms with Gasteiger partial charge in [-0.3, -0.25) is 9.78 Å². The Labute approximate surface area is 106 Å². The Morgan fingerprint density at radius 2 is 1.78 bits per heavy atom. The van der Waals surface area contributed by atoms with E-state index in [0.717, 1.165) is 17.0 Å². The van der Waals surface area contributed by atoms with E-state index >= 15 is 0 Å². The molecule has 0 saturated carbocycles. The fourth-order valence-corrected chi connectivity index (χ4v) is 1.70. The van der Waals surface area contributed by atoms with Crippen LogP contribution in [-0.2, 0) is 6.61 Å². The first-order chi connectivity index (χ1) is 8.59. The number of hydrogen-bond acceptors (Lipinski definition) is 3. The van der Waals surface area contributed by atoms with E-state index in [0.29, 0.717) is 12.3 Å². The molecule has 0 aliphatic carbocycles.